The number of pyridine rings is 1. The Hall–Kier alpha value is -4.26. The van der Waals surface area contributed by atoms with Crippen LogP contribution in [0, 0.1) is 5.82 Å². The molecular formula is C27H23FN4O2. The molecule has 1 amide bonds. The third kappa shape index (κ3) is 4.20. The summed E-state index contributed by atoms with van der Waals surface area (Å²) in [4.78, 5) is 30.2. The summed E-state index contributed by atoms with van der Waals surface area (Å²) in [5, 5.41) is 7.21. The lowest BCUT2D eigenvalue weighted by atomic mass is 10.1. The molecule has 0 radical (unpaired) electrons. The second-order valence-electron chi connectivity index (χ2n) is 8.41. The van der Waals surface area contributed by atoms with Gasteiger partial charge < -0.3 is 5.32 Å². The van der Waals surface area contributed by atoms with E-state index in [1.807, 2.05) is 25.1 Å². The normalized spacial score (nSPS) is 12.2. The maximum absolute atomic E-state index is 13.3. The maximum atomic E-state index is 13.3. The smallest absolute Gasteiger partial charge is 0.280 e. The van der Waals surface area contributed by atoms with Gasteiger partial charge in [0.2, 0.25) is 0 Å². The molecule has 7 heteroatoms. The quantitative estimate of drug-likeness (QED) is 0.388. The summed E-state index contributed by atoms with van der Waals surface area (Å²) >= 11 is 0. The minimum atomic E-state index is -0.381. The minimum absolute atomic E-state index is 0.00307. The molecule has 0 aliphatic heterocycles. The molecule has 2 N–H and O–H groups in total. The van der Waals surface area contributed by atoms with Crippen LogP contribution in [0.5, 0.6) is 0 Å². The number of H-pyrrole nitrogens is 1. The van der Waals surface area contributed by atoms with Gasteiger partial charge in [-0.3, -0.25) is 19.7 Å². The van der Waals surface area contributed by atoms with Crippen LogP contribution in [-0.2, 0) is 6.42 Å². The molecule has 0 aliphatic carbocycles. The Morgan fingerprint density at radius 3 is 2.59 bits per heavy atom. The highest BCUT2D eigenvalue weighted by Gasteiger charge is 2.15. The Morgan fingerprint density at radius 2 is 1.82 bits per heavy atom. The zero-order valence-corrected chi connectivity index (χ0v) is 18.6. The highest BCUT2D eigenvalue weighted by atomic mass is 19.1. The van der Waals surface area contributed by atoms with E-state index in [1.54, 1.807) is 18.2 Å². The van der Waals surface area contributed by atoms with Gasteiger partial charge in [0, 0.05) is 23.2 Å². The molecule has 0 saturated carbocycles. The number of amides is 1. The summed E-state index contributed by atoms with van der Waals surface area (Å²) in [6, 6.07) is 21.1. The molecule has 0 unspecified atom stereocenters. The number of nitrogens with zero attached hydrogens (tertiary/aromatic N) is 2. The van der Waals surface area contributed by atoms with Crippen molar-refractivity contribution in [3.8, 4) is 5.69 Å². The molecule has 5 aromatic rings. The van der Waals surface area contributed by atoms with E-state index in [2.05, 4.69) is 27.5 Å². The fourth-order valence-electron chi connectivity index (χ4n) is 4.08. The predicted molar refractivity (Wildman–Crippen MR) is 131 cm³/mol. The zero-order chi connectivity index (χ0) is 23.7. The van der Waals surface area contributed by atoms with Crippen LogP contribution in [0.3, 0.4) is 0 Å². The van der Waals surface area contributed by atoms with E-state index >= 15 is 0 Å². The molecule has 1 atom stereocenters. The molecule has 0 saturated heterocycles. The standard InChI is InChI=1S/C27H23FN4O2/c1-17(7-8-18-5-3-2-4-6-18)30-26(33)19-9-14-24-22(15-19)25-23(16-29-24)27(34)32(31-25)21-12-10-20(28)11-13-21/h2-6,9-17,31H,7-8H2,1H3,(H,30,33)/t17-/m0/s1. The number of aromatic amines is 1. The number of hydrogen-bond donors (Lipinski definition) is 2. The molecule has 0 fully saturated rings. The summed E-state index contributed by atoms with van der Waals surface area (Å²) in [5.41, 5.74) is 3.18. The molecule has 6 nitrogen and oxygen atoms in total. The first-order valence-electron chi connectivity index (χ1n) is 11.1. The molecule has 34 heavy (non-hydrogen) atoms. The van der Waals surface area contributed by atoms with Crippen molar-refractivity contribution < 1.29 is 9.18 Å². The third-order valence-electron chi connectivity index (χ3n) is 5.96. The Kier molecular flexibility index (Phi) is 5.67. The van der Waals surface area contributed by atoms with Gasteiger partial charge in [-0.25, -0.2) is 9.07 Å². The number of benzene rings is 3. The number of rotatable bonds is 6. The Morgan fingerprint density at radius 1 is 1.06 bits per heavy atom. The van der Waals surface area contributed by atoms with Crippen molar-refractivity contribution in [3.05, 3.63) is 106 Å². The van der Waals surface area contributed by atoms with Gasteiger partial charge in [-0.05, 0) is 67.8 Å². The number of aromatic nitrogens is 3. The van der Waals surface area contributed by atoms with Crippen LogP contribution in [0.4, 0.5) is 4.39 Å². The van der Waals surface area contributed by atoms with Crippen molar-refractivity contribution in [1.82, 2.24) is 20.1 Å². The van der Waals surface area contributed by atoms with E-state index in [4.69, 9.17) is 0 Å². The van der Waals surface area contributed by atoms with Crippen LogP contribution < -0.4 is 10.9 Å². The van der Waals surface area contributed by atoms with Crippen LogP contribution in [0.15, 0.2) is 83.8 Å². The zero-order valence-electron chi connectivity index (χ0n) is 18.6. The van der Waals surface area contributed by atoms with Crippen molar-refractivity contribution in [3.63, 3.8) is 0 Å². The number of carbonyl (C=O) groups excluding carboxylic acids is 1. The fourth-order valence-corrected chi connectivity index (χ4v) is 4.08. The molecule has 170 valence electrons. The van der Waals surface area contributed by atoms with Crippen LogP contribution in [-0.4, -0.2) is 26.7 Å². The van der Waals surface area contributed by atoms with Gasteiger partial charge in [-0.15, -0.1) is 0 Å². The van der Waals surface area contributed by atoms with Gasteiger partial charge in [0.15, 0.2) is 0 Å². The first-order valence-corrected chi connectivity index (χ1v) is 11.1. The number of aryl methyl sites for hydroxylation is 1. The Bertz CT molecular complexity index is 1540. The van der Waals surface area contributed by atoms with E-state index < -0.39 is 0 Å². The summed E-state index contributed by atoms with van der Waals surface area (Å²) in [6.07, 6.45) is 3.22. The average Bonchev–Trinajstić information content (AvgIpc) is 3.20. The van der Waals surface area contributed by atoms with Crippen LogP contribution in [0.25, 0.3) is 27.5 Å². The second kappa shape index (κ2) is 8.94. The molecular weight excluding hydrogens is 431 g/mol. The number of hydrogen-bond acceptors (Lipinski definition) is 3. The largest absolute Gasteiger partial charge is 0.350 e. The maximum Gasteiger partial charge on any atom is 0.280 e. The van der Waals surface area contributed by atoms with Gasteiger partial charge in [0.1, 0.15) is 5.82 Å². The van der Waals surface area contributed by atoms with Gasteiger partial charge in [0.25, 0.3) is 11.5 Å². The van der Waals surface area contributed by atoms with Gasteiger partial charge in [-0.2, -0.15) is 0 Å². The summed E-state index contributed by atoms with van der Waals surface area (Å²) in [7, 11) is 0. The molecule has 5 rings (SSSR count). The van der Waals surface area contributed by atoms with Crippen LogP contribution in [0.2, 0.25) is 0 Å². The monoisotopic (exact) mass is 454 g/mol. The highest BCUT2D eigenvalue weighted by Crippen LogP contribution is 2.22. The number of fused-ring (bicyclic) bond motifs is 3. The molecule has 0 bridgehead atoms. The lowest BCUT2D eigenvalue weighted by Gasteiger charge is -2.14. The van der Waals surface area contributed by atoms with Crippen molar-refractivity contribution in [2.24, 2.45) is 0 Å². The molecule has 0 aliphatic rings. The molecule has 2 aromatic heterocycles. The predicted octanol–water partition coefficient (Wildman–Crippen LogP) is 4.76. The molecule has 2 heterocycles. The van der Waals surface area contributed by atoms with E-state index in [0.717, 1.165) is 12.8 Å². The topological polar surface area (TPSA) is 79.8 Å². The van der Waals surface area contributed by atoms with E-state index in [0.29, 0.717) is 33.1 Å². The van der Waals surface area contributed by atoms with E-state index in [-0.39, 0.29) is 23.3 Å². The SMILES string of the molecule is C[C@@H](CCc1ccccc1)NC(=O)c1ccc2ncc3c(=O)n(-c4ccc(F)cc4)[nH]c3c2c1. The first kappa shape index (κ1) is 21.6. The lowest BCUT2D eigenvalue weighted by Crippen LogP contribution is -2.32. The number of nitrogens with one attached hydrogen (secondary N) is 2. The number of halogens is 1. The fraction of sp³-hybridized carbons (Fsp3) is 0.148. The van der Waals surface area contributed by atoms with Crippen LogP contribution >= 0.6 is 0 Å². The summed E-state index contributed by atoms with van der Waals surface area (Å²) in [5.74, 6) is -0.562. The third-order valence-corrected chi connectivity index (χ3v) is 5.96. The van der Waals surface area contributed by atoms with Gasteiger partial charge in [0.05, 0.1) is 22.1 Å². The highest BCUT2D eigenvalue weighted by molar-refractivity contribution is 6.06. The summed E-state index contributed by atoms with van der Waals surface area (Å²) in [6.45, 7) is 1.99. The Labute approximate surface area is 195 Å². The van der Waals surface area contributed by atoms with Gasteiger partial charge in [-0.1, -0.05) is 30.3 Å². The van der Waals surface area contributed by atoms with Crippen molar-refractivity contribution in [2.45, 2.75) is 25.8 Å². The van der Waals surface area contributed by atoms with Crippen molar-refractivity contribution in [2.75, 3.05) is 0 Å². The minimum Gasteiger partial charge on any atom is -0.350 e. The number of carbonyl (C=O) groups is 1. The lowest BCUT2D eigenvalue weighted by molar-refractivity contribution is 0.0938. The second-order valence-corrected chi connectivity index (χ2v) is 8.41. The molecule has 0 spiro atoms. The Balaban J connectivity index is 1.43. The first-order chi connectivity index (χ1) is 16.5. The van der Waals surface area contributed by atoms with Crippen molar-refractivity contribution >= 4 is 27.7 Å². The van der Waals surface area contributed by atoms with E-state index in [1.165, 1.54) is 40.7 Å². The summed E-state index contributed by atoms with van der Waals surface area (Å²) < 4.78 is 14.7. The average molecular weight is 455 g/mol. The van der Waals surface area contributed by atoms with Crippen LogP contribution in [0.1, 0.15) is 29.3 Å². The van der Waals surface area contributed by atoms with Crippen molar-refractivity contribution in [1.29, 1.82) is 0 Å². The van der Waals surface area contributed by atoms with Gasteiger partial charge >= 0.3 is 0 Å². The molecule has 3 aromatic carbocycles. The van der Waals surface area contributed by atoms with E-state index in [9.17, 15) is 14.0 Å².